The van der Waals surface area contributed by atoms with E-state index in [9.17, 15) is 4.79 Å². The van der Waals surface area contributed by atoms with Gasteiger partial charge in [-0.15, -0.1) is 0 Å². The zero-order valence-electron chi connectivity index (χ0n) is 10.1. The molecule has 0 spiro atoms. The third-order valence-electron chi connectivity index (χ3n) is 3.15. The van der Waals surface area contributed by atoms with Crippen LogP contribution < -0.4 is 5.73 Å². The number of likely N-dealkylation sites (tertiary alicyclic amines) is 1. The standard InChI is InChI=1S/C11H21N3OS/c1-9-4-3-6-14(9)8-11(15)13(2)7-5-10(12)16/h9H,3-8H2,1-2H3,(H2,12,16). The number of hydrogen-bond acceptors (Lipinski definition) is 3. The van der Waals surface area contributed by atoms with Crippen LogP contribution in [0.4, 0.5) is 0 Å². The molecule has 5 heteroatoms. The smallest absolute Gasteiger partial charge is 0.236 e. The molecule has 16 heavy (non-hydrogen) atoms. The van der Waals surface area contributed by atoms with Gasteiger partial charge in [0.1, 0.15) is 0 Å². The molecule has 4 nitrogen and oxygen atoms in total. The van der Waals surface area contributed by atoms with Crippen molar-refractivity contribution in [2.45, 2.75) is 32.2 Å². The predicted octanol–water partition coefficient (Wildman–Crippen LogP) is 0.605. The molecule has 0 aliphatic carbocycles. The van der Waals surface area contributed by atoms with Crippen LogP contribution in [0.25, 0.3) is 0 Å². The van der Waals surface area contributed by atoms with E-state index < -0.39 is 0 Å². The summed E-state index contributed by atoms with van der Waals surface area (Å²) in [6, 6.07) is 0.535. The van der Waals surface area contributed by atoms with Gasteiger partial charge in [0.05, 0.1) is 11.5 Å². The second kappa shape index (κ2) is 6.15. The number of carbonyl (C=O) groups is 1. The number of rotatable bonds is 5. The second-order valence-electron chi connectivity index (χ2n) is 4.49. The fourth-order valence-corrected chi connectivity index (χ4v) is 2.02. The SMILES string of the molecule is CC1CCCN1CC(=O)N(C)CCC(N)=S. The summed E-state index contributed by atoms with van der Waals surface area (Å²) in [5, 5.41) is 0. The molecule has 0 radical (unpaired) electrons. The average molecular weight is 243 g/mol. The number of thiocarbonyl (C=S) groups is 1. The van der Waals surface area contributed by atoms with Gasteiger partial charge in [0.2, 0.25) is 5.91 Å². The Kier molecular flexibility index (Phi) is 5.15. The minimum Gasteiger partial charge on any atom is -0.393 e. The van der Waals surface area contributed by atoms with Crippen molar-refractivity contribution in [3.63, 3.8) is 0 Å². The van der Waals surface area contributed by atoms with E-state index in [1.807, 2.05) is 0 Å². The van der Waals surface area contributed by atoms with Crippen molar-refractivity contribution in [1.82, 2.24) is 9.80 Å². The van der Waals surface area contributed by atoms with Crippen LogP contribution in [0.1, 0.15) is 26.2 Å². The topological polar surface area (TPSA) is 49.6 Å². The molecule has 1 saturated heterocycles. The zero-order valence-corrected chi connectivity index (χ0v) is 10.9. The van der Waals surface area contributed by atoms with Gasteiger partial charge in [-0.25, -0.2) is 0 Å². The Morgan fingerprint density at radius 2 is 2.31 bits per heavy atom. The van der Waals surface area contributed by atoms with Gasteiger partial charge in [-0.1, -0.05) is 12.2 Å². The largest absolute Gasteiger partial charge is 0.393 e. The molecule has 92 valence electrons. The van der Waals surface area contributed by atoms with Crippen molar-refractivity contribution in [3.05, 3.63) is 0 Å². The quantitative estimate of drug-likeness (QED) is 0.719. The lowest BCUT2D eigenvalue weighted by Gasteiger charge is -2.24. The van der Waals surface area contributed by atoms with E-state index in [2.05, 4.69) is 11.8 Å². The van der Waals surface area contributed by atoms with E-state index in [0.717, 1.165) is 6.54 Å². The van der Waals surface area contributed by atoms with Crippen LogP contribution in [-0.2, 0) is 4.79 Å². The first-order valence-corrected chi connectivity index (χ1v) is 6.18. The molecule has 1 rings (SSSR count). The number of carbonyl (C=O) groups excluding carboxylic acids is 1. The average Bonchev–Trinajstić information content (AvgIpc) is 2.60. The number of hydrogen-bond donors (Lipinski definition) is 1. The molecule has 0 aromatic rings. The van der Waals surface area contributed by atoms with Gasteiger partial charge in [0.15, 0.2) is 0 Å². The van der Waals surface area contributed by atoms with E-state index in [4.69, 9.17) is 18.0 Å². The molecule has 0 bridgehead atoms. The van der Waals surface area contributed by atoms with Crippen molar-refractivity contribution in [2.75, 3.05) is 26.7 Å². The summed E-state index contributed by atoms with van der Waals surface area (Å²) >= 11 is 4.79. The fraction of sp³-hybridized carbons (Fsp3) is 0.818. The number of likely N-dealkylation sites (N-methyl/N-ethyl adjacent to an activating group) is 1. The number of nitrogens with two attached hydrogens (primary N) is 1. The van der Waals surface area contributed by atoms with E-state index in [-0.39, 0.29) is 5.91 Å². The van der Waals surface area contributed by atoms with E-state index in [0.29, 0.717) is 30.5 Å². The van der Waals surface area contributed by atoms with Crippen LogP contribution in [0.15, 0.2) is 0 Å². The summed E-state index contributed by atoms with van der Waals surface area (Å²) in [6.45, 7) is 4.36. The molecule has 1 amide bonds. The summed E-state index contributed by atoms with van der Waals surface area (Å²) < 4.78 is 0. The molecule has 1 heterocycles. The van der Waals surface area contributed by atoms with Gasteiger partial charge in [0.25, 0.3) is 0 Å². The highest BCUT2D eigenvalue weighted by atomic mass is 32.1. The van der Waals surface area contributed by atoms with Crippen molar-refractivity contribution < 1.29 is 4.79 Å². The highest BCUT2D eigenvalue weighted by molar-refractivity contribution is 7.80. The molecule has 1 fully saturated rings. The van der Waals surface area contributed by atoms with Crippen LogP contribution in [0, 0.1) is 0 Å². The van der Waals surface area contributed by atoms with Gasteiger partial charge in [-0.2, -0.15) is 0 Å². The van der Waals surface area contributed by atoms with Gasteiger partial charge in [-0.3, -0.25) is 9.69 Å². The van der Waals surface area contributed by atoms with Crippen LogP contribution in [0.2, 0.25) is 0 Å². The Hall–Kier alpha value is -0.680. The zero-order chi connectivity index (χ0) is 12.1. The Bertz CT molecular complexity index is 270. The molecule has 1 aliphatic rings. The van der Waals surface area contributed by atoms with Crippen molar-refractivity contribution in [1.29, 1.82) is 0 Å². The van der Waals surface area contributed by atoms with Crippen molar-refractivity contribution >= 4 is 23.1 Å². The normalized spacial score (nSPS) is 21.0. The lowest BCUT2D eigenvalue weighted by Crippen LogP contribution is -2.40. The number of nitrogens with zero attached hydrogens (tertiary/aromatic N) is 2. The van der Waals surface area contributed by atoms with Gasteiger partial charge < -0.3 is 10.6 Å². The molecular formula is C11H21N3OS. The van der Waals surface area contributed by atoms with Crippen molar-refractivity contribution in [3.8, 4) is 0 Å². The molecule has 0 aromatic carbocycles. The highest BCUT2D eigenvalue weighted by Crippen LogP contribution is 2.15. The molecule has 1 unspecified atom stereocenters. The van der Waals surface area contributed by atoms with E-state index in [1.165, 1.54) is 12.8 Å². The first-order chi connectivity index (χ1) is 7.50. The molecule has 0 saturated carbocycles. The van der Waals surface area contributed by atoms with Crippen LogP contribution in [0.3, 0.4) is 0 Å². The molecule has 1 atom stereocenters. The molecule has 0 aromatic heterocycles. The minimum absolute atomic E-state index is 0.157. The Balaban J connectivity index is 2.30. The lowest BCUT2D eigenvalue weighted by atomic mass is 10.2. The Morgan fingerprint density at radius 1 is 1.62 bits per heavy atom. The summed E-state index contributed by atoms with van der Waals surface area (Å²) in [6.07, 6.45) is 3.00. The number of amides is 1. The first kappa shape index (κ1) is 13.4. The monoisotopic (exact) mass is 243 g/mol. The summed E-state index contributed by atoms with van der Waals surface area (Å²) in [4.78, 5) is 16.3. The Morgan fingerprint density at radius 3 is 2.81 bits per heavy atom. The van der Waals surface area contributed by atoms with Crippen LogP contribution >= 0.6 is 12.2 Å². The third kappa shape index (κ3) is 4.06. The summed E-state index contributed by atoms with van der Waals surface area (Å²) in [7, 11) is 1.81. The molecular weight excluding hydrogens is 222 g/mol. The Labute approximate surface area is 103 Å². The van der Waals surface area contributed by atoms with Gasteiger partial charge in [0, 0.05) is 26.1 Å². The summed E-state index contributed by atoms with van der Waals surface area (Å²) in [5.41, 5.74) is 5.41. The van der Waals surface area contributed by atoms with E-state index in [1.54, 1.807) is 11.9 Å². The second-order valence-corrected chi connectivity index (χ2v) is 5.02. The lowest BCUT2D eigenvalue weighted by molar-refractivity contribution is -0.131. The maximum atomic E-state index is 11.9. The highest BCUT2D eigenvalue weighted by Gasteiger charge is 2.23. The summed E-state index contributed by atoms with van der Waals surface area (Å²) in [5.74, 6) is 0.157. The van der Waals surface area contributed by atoms with Gasteiger partial charge in [-0.05, 0) is 26.3 Å². The van der Waals surface area contributed by atoms with E-state index >= 15 is 0 Å². The molecule has 2 N–H and O–H groups in total. The maximum Gasteiger partial charge on any atom is 0.236 e. The first-order valence-electron chi connectivity index (χ1n) is 5.77. The molecule has 1 aliphatic heterocycles. The third-order valence-corrected chi connectivity index (χ3v) is 3.35. The maximum absolute atomic E-state index is 11.9. The van der Waals surface area contributed by atoms with Crippen LogP contribution in [-0.4, -0.2) is 53.4 Å². The minimum atomic E-state index is 0.157. The fourth-order valence-electron chi connectivity index (χ4n) is 1.92. The predicted molar refractivity (Wildman–Crippen MR) is 69.3 cm³/mol. The van der Waals surface area contributed by atoms with Crippen LogP contribution in [0.5, 0.6) is 0 Å². The van der Waals surface area contributed by atoms with Crippen molar-refractivity contribution in [2.24, 2.45) is 5.73 Å². The van der Waals surface area contributed by atoms with Gasteiger partial charge >= 0.3 is 0 Å².